The maximum absolute atomic E-state index is 12.4. The van der Waals surface area contributed by atoms with E-state index < -0.39 is 16.0 Å². The van der Waals surface area contributed by atoms with E-state index in [1.54, 1.807) is 6.07 Å². The molecule has 27 heavy (non-hydrogen) atoms. The number of hydrogen-bond donors (Lipinski definition) is 1. The van der Waals surface area contributed by atoms with E-state index in [-0.39, 0.29) is 10.5 Å². The number of aromatic nitrogens is 1. The lowest BCUT2D eigenvalue weighted by molar-refractivity contribution is 0.0699. The molecular formula is C20H20N2O4S. The standard InChI is InChI=1S/C20H20N2O4S/c1-4-13-5-7-14(8-6-13)19-12-17(20(23)24)16-11-15(9-10-18(16)21-19)27(25,26)22(2)3/h5-12H,4H2,1-3H3,(H,23,24). The molecule has 1 heterocycles. The molecule has 0 spiro atoms. The highest BCUT2D eigenvalue weighted by Gasteiger charge is 2.20. The average molecular weight is 384 g/mol. The van der Waals surface area contributed by atoms with Gasteiger partial charge in [-0.05, 0) is 36.2 Å². The van der Waals surface area contributed by atoms with Crippen molar-refractivity contribution in [3.8, 4) is 11.3 Å². The Labute approximate surface area is 158 Å². The molecule has 1 aromatic heterocycles. The monoisotopic (exact) mass is 384 g/mol. The molecule has 140 valence electrons. The summed E-state index contributed by atoms with van der Waals surface area (Å²) in [7, 11) is -0.809. The van der Waals surface area contributed by atoms with E-state index in [4.69, 9.17) is 0 Å². The Kier molecular flexibility index (Phi) is 4.99. The molecule has 2 aromatic carbocycles. The number of hydrogen-bond acceptors (Lipinski definition) is 4. The van der Waals surface area contributed by atoms with Crippen molar-refractivity contribution in [2.75, 3.05) is 14.1 Å². The number of carboxylic acids is 1. The highest BCUT2D eigenvalue weighted by molar-refractivity contribution is 7.89. The lowest BCUT2D eigenvalue weighted by Gasteiger charge is -2.13. The van der Waals surface area contributed by atoms with E-state index in [9.17, 15) is 18.3 Å². The first-order valence-corrected chi connectivity index (χ1v) is 9.88. The van der Waals surface area contributed by atoms with Gasteiger partial charge in [0.1, 0.15) is 0 Å². The quantitative estimate of drug-likeness (QED) is 0.728. The Balaban J connectivity index is 2.22. The number of benzene rings is 2. The molecule has 0 amide bonds. The predicted octanol–water partition coefficient (Wildman–Crippen LogP) is 3.41. The van der Waals surface area contributed by atoms with Crippen molar-refractivity contribution >= 4 is 26.9 Å². The molecular weight excluding hydrogens is 364 g/mol. The molecule has 3 rings (SSSR count). The molecule has 0 bridgehead atoms. The highest BCUT2D eigenvalue weighted by Crippen LogP contribution is 2.28. The van der Waals surface area contributed by atoms with Gasteiger partial charge in [-0.25, -0.2) is 22.5 Å². The van der Waals surface area contributed by atoms with Crippen LogP contribution in [0.5, 0.6) is 0 Å². The lowest BCUT2D eigenvalue weighted by atomic mass is 10.0. The van der Waals surface area contributed by atoms with Crippen molar-refractivity contribution in [1.82, 2.24) is 9.29 Å². The summed E-state index contributed by atoms with van der Waals surface area (Å²) in [5.74, 6) is -1.13. The average Bonchev–Trinajstić information content (AvgIpc) is 2.66. The third kappa shape index (κ3) is 3.56. The van der Waals surface area contributed by atoms with Crippen LogP contribution in [0.3, 0.4) is 0 Å². The molecule has 0 atom stereocenters. The van der Waals surface area contributed by atoms with Crippen molar-refractivity contribution in [3.63, 3.8) is 0 Å². The van der Waals surface area contributed by atoms with E-state index in [0.717, 1.165) is 16.3 Å². The van der Waals surface area contributed by atoms with Crippen LogP contribution in [0.15, 0.2) is 53.4 Å². The highest BCUT2D eigenvalue weighted by atomic mass is 32.2. The van der Waals surface area contributed by atoms with Crippen LogP contribution in [-0.4, -0.2) is 42.9 Å². The molecule has 0 saturated carbocycles. The van der Waals surface area contributed by atoms with Gasteiger partial charge in [0.05, 0.1) is 21.7 Å². The Bertz CT molecular complexity index is 1120. The fourth-order valence-electron chi connectivity index (χ4n) is 2.81. The number of sulfonamides is 1. The summed E-state index contributed by atoms with van der Waals surface area (Å²) >= 11 is 0. The number of carbonyl (C=O) groups is 1. The SMILES string of the molecule is CCc1ccc(-c2cc(C(=O)O)c3cc(S(=O)(=O)N(C)C)ccc3n2)cc1. The van der Waals surface area contributed by atoms with Crippen molar-refractivity contribution in [3.05, 3.63) is 59.7 Å². The Hall–Kier alpha value is -2.77. The molecule has 0 fully saturated rings. The summed E-state index contributed by atoms with van der Waals surface area (Å²) in [5, 5.41) is 9.94. The molecule has 0 aliphatic heterocycles. The first-order valence-electron chi connectivity index (χ1n) is 8.44. The summed E-state index contributed by atoms with van der Waals surface area (Å²) in [6, 6.07) is 13.6. The Morgan fingerprint density at radius 3 is 2.30 bits per heavy atom. The van der Waals surface area contributed by atoms with Crippen molar-refractivity contribution in [2.24, 2.45) is 0 Å². The van der Waals surface area contributed by atoms with Crippen LogP contribution < -0.4 is 0 Å². The molecule has 0 aliphatic carbocycles. The van der Waals surface area contributed by atoms with E-state index in [2.05, 4.69) is 11.9 Å². The maximum Gasteiger partial charge on any atom is 0.336 e. The minimum atomic E-state index is -3.67. The third-order valence-corrected chi connectivity index (χ3v) is 6.26. The van der Waals surface area contributed by atoms with Crippen molar-refractivity contribution in [1.29, 1.82) is 0 Å². The van der Waals surface area contributed by atoms with E-state index in [0.29, 0.717) is 16.6 Å². The van der Waals surface area contributed by atoms with Crippen LogP contribution in [0.1, 0.15) is 22.8 Å². The topological polar surface area (TPSA) is 87.6 Å². The molecule has 0 aliphatic rings. The Morgan fingerprint density at radius 2 is 1.74 bits per heavy atom. The zero-order valence-corrected chi connectivity index (χ0v) is 16.1. The predicted molar refractivity (Wildman–Crippen MR) is 104 cm³/mol. The number of aromatic carboxylic acids is 1. The summed E-state index contributed by atoms with van der Waals surface area (Å²) in [6.45, 7) is 2.06. The molecule has 6 nitrogen and oxygen atoms in total. The second-order valence-electron chi connectivity index (χ2n) is 6.38. The third-order valence-electron chi connectivity index (χ3n) is 4.45. The van der Waals surface area contributed by atoms with Gasteiger partial charge in [-0.1, -0.05) is 31.2 Å². The van der Waals surface area contributed by atoms with E-state index in [1.807, 2.05) is 24.3 Å². The lowest BCUT2D eigenvalue weighted by Crippen LogP contribution is -2.22. The van der Waals surface area contributed by atoms with Gasteiger partial charge >= 0.3 is 5.97 Å². The van der Waals surface area contributed by atoms with Gasteiger partial charge in [0.2, 0.25) is 10.0 Å². The van der Waals surface area contributed by atoms with Gasteiger partial charge in [0.25, 0.3) is 0 Å². The van der Waals surface area contributed by atoms with Gasteiger partial charge in [-0.3, -0.25) is 0 Å². The first kappa shape index (κ1) is 19.0. The number of nitrogens with zero attached hydrogens (tertiary/aromatic N) is 2. The van der Waals surface area contributed by atoms with Crippen LogP contribution >= 0.6 is 0 Å². The number of aryl methyl sites for hydroxylation is 1. The summed E-state index contributed by atoms with van der Waals surface area (Å²) in [6.07, 6.45) is 0.912. The van der Waals surface area contributed by atoms with E-state index in [1.165, 1.54) is 37.9 Å². The van der Waals surface area contributed by atoms with Gasteiger partial charge in [-0.2, -0.15) is 0 Å². The van der Waals surface area contributed by atoms with Crippen molar-refractivity contribution in [2.45, 2.75) is 18.2 Å². The van der Waals surface area contributed by atoms with Gasteiger partial charge in [0.15, 0.2) is 0 Å². The number of pyridine rings is 1. The largest absolute Gasteiger partial charge is 0.478 e. The molecule has 0 saturated heterocycles. The van der Waals surface area contributed by atoms with Crippen LogP contribution in [0, 0.1) is 0 Å². The zero-order chi connectivity index (χ0) is 19.8. The van der Waals surface area contributed by atoms with Crippen LogP contribution in [-0.2, 0) is 16.4 Å². The maximum atomic E-state index is 12.4. The van der Waals surface area contributed by atoms with Gasteiger partial charge in [0, 0.05) is 25.0 Å². The summed E-state index contributed by atoms with van der Waals surface area (Å²) < 4.78 is 25.8. The number of carboxylic acid groups (broad SMARTS) is 1. The first-order chi connectivity index (χ1) is 12.7. The minimum Gasteiger partial charge on any atom is -0.478 e. The molecule has 3 aromatic rings. The normalized spacial score (nSPS) is 11.9. The van der Waals surface area contributed by atoms with Crippen LogP contribution in [0.4, 0.5) is 0 Å². The summed E-state index contributed by atoms with van der Waals surface area (Å²) in [5.41, 5.74) is 2.97. The molecule has 7 heteroatoms. The second-order valence-corrected chi connectivity index (χ2v) is 8.53. The molecule has 0 unspecified atom stereocenters. The van der Waals surface area contributed by atoms with E-state index >= 15 is 0 Å². The number of rotatable bonds is 5. The van der Waals surface area contributed by atoms with Crippen LogP contribution in [0.25, 0.3) is 22.2 Å². The van der Waals surface area contributed by atoms with Crippen molar-refractivity contribution < 1.29 is 18.3 Å². The zero-order valence-electron chi connectivity index (χ0n) is 15.3. The minimum absolute atomic E-state index is 0.0189. The molecule has 1 N–H and O–H groups in total. The molecule has 0 radical (unpaired) electrons. The van der Waals surface area contributed by atoms with Gasteiger partial charge < -0.3 is 5.11 Å². The van der Waals surface area contributed by atoms with Crippen LogP contribution in [0.2, 0.25) is 0 Å². The number of fused-ring (bicyclic) bond motifs is 1. The Morgan fingerprint density at radius 1 is 1.07 bits per heavy atom. The second kappa shape index (κ2) is 7.09. The summed E-state index contributed by atoms with van der Waals surface area (Å²) in [4.78, 5) is 16.4. The fourth-order valence-corrected chi connectivity index (χ4v) is 3.74. The smallest absolute Gasteiger partial charge is 0.336 e. The van der Waals surface area contributed by atoms with Gasteiger partial charge in [-0.15, -0.1) is 0 Å². The fraction of sp³-hybridized carbons (Fsp3) is 0.200.